The molecule has 1 aromatic heterocycles. The fraction of sp³-hybridized carbons (Fsp3) is 0.160. The number of rotatable bonds is 8. The van der Waals surface area contributed by atoms with E-state index in [1.807, 2.05) is 0 Å². The number of hydrazine groups is 1. The van der Waals surface area contributed by atoms with Gasteiger partial charge >= 0.3 is 5.97 Å². The predicted octanol–water partition coefficient (Wildman–Crippen LogP) is 5.06. The number of nitrogens with zero attached hydrogens (tertiary/aromatic N) is 3. The highest BCUT2D eigenvalue weighted by Gasteiger charge is 2.45. The Bertz CT molecular complexity index is 1390. The topological polar surface area (TPSA) is 104 Å². The highest BCUT2D eigenvalue weighted by molar-refractivity contribution is 7.80. The van der Waals surface area contributed by atoms with Crippen LogP contribution in [0, 0.1) is 5.82 Å². The molecule has 9 nitrogen and oxygen atoms in total. The molecule has 0 bridgehead atoms. The van der Waals surface area contributed by atoms with Gasteiger partial charge in [-0.25, -0.2) is 19.2 Å². The molecule has 196 valence electrons. The first-order valence-corrected chi connectivity index (χ1v) is 12.4. The maximum Gasteiger partial charge on any atom is 0.338 e. The molecule has 2 heterocycles. The number of thiocarbonyl (C=S) groups is 1. The lowest BCUT2D eigenvalue weighted by molar-refractivity contribution is -0.124. The van der Waals surface area contributed by atoms with Crippen LogP contribution in [-0.2, 0) is 14.3 Å². The van der Waals surface area contributed by atoms with Gasteiger partial charge < -0.3 is 10.1 Å². The van der Waals surface area contributed by atoms with E-state index in [1.54, 1.807) is 19.1 Å². The van der Waals surface area contributed by atoms with Crippen molar-refractivity contribution in [1.82, 2.24) is 9.99 Å². The maximum absolute atomic E-state index is 13.5. The third-order valence-electron chi connectivity index (χ3n) is 5.39. The second kappa shape index (κ2) is 11.7. The van der Waals surface area contributed by atoms with Crippen LogP contribution in [0.15, 0.2) is 60.8 Å². The Labute approximate surface area is 232 Å². The van der Waals surface area contributed by atoms with E-state index in [9.17, 15) is 18.8 Å². The summed E-state index contributed by atoms with van der Waals surface area (Å²) >= 11 is 17.7. The summed E-state index contributed by atoms with van der Waals surface area (Å²) in [5.41, 5.74) is 3.96. The van der Waals surface area contributed by atoms with Gasteiger partial charge in [0.25, 0.3) is 5.91 Å². The van der Waals surface area contributed by atoms with Gasteiger partial charge in [-0.2, -0.15) is 0 Å². The molecular weight excluding hydrogens is 556 g/mol. The molecule has 38 heavy (non-hydrogen) atoms. The number of ether oxygens (including phenoxy) is 1. The lowest BCUT2D eigenvalue weighted by atomic mass is 10.1. The zero-order valence-electron chi connectivity index (χ0n) is 19.8. The van der Waals surface area contributed by atoms with Gasteiger partial charge in [-0.3, -0.25) is 19.9 Å². The summed E-state index contributed by atoms with van der Waals surface area (Å²) in [6, 6.07) is 11.7. The first-order chi connectivity index (χ1) is 18.2. The van der Waals surface area contributed by atoms with E-state index in [-0.39, 0.29) is 29.0 Å². The van der Waals surface area contributed by atoms with Crippen molar-refractivity contribution >= 4 is 75.5 Å². The molecule has 2 amide bonds. The van der Waals surface area contributed by atoms with Crippen molar-refractivity contribution in [1.29, 1.82) is 0 Å². The number of anilines is 3. The van der Waals surface area contributed by atoms with Crippen molar-refractivity contribution in [2.24, 2.45) is 0 Å². The Balaban J connectivity index is 1.56. The molecule has 1 aliphatic rings. The second-order valence-corrected chi connectivity index (χ2v) is 9.17. The summed E-state index contributed by atoms with van der Waals surface area (Å²) < 4.78 is 18.5. The summed E-state index contributed by atoms with van der Waals surface area (Å²) in [4.78, 5) is 43.6. The molecule has 0 unspecified atom stereocenters. The van der Waals surface area contributed by atoms with Crippen LogP contribution < -0.4 is 15.6 Å². The molecule has 1 atom stereocenters. The maximum atomic E-state index is 13.5. The fourth-order valence-electron chi connectivity index (χ4n) is 3.63. The zero-order valence-corrected chi connectivity index (χ0v) is 22.1. The van der Waals surface area contributed by atoms with Crippen molar-refractivity contribution in [3.05, 3.63) is 82.2 Å². The number of benzene rings is 2. The SMILES string of the molecule is CCOC(=O)c1ccc(NC(=O)C[C@@H]2C(=O)N(c3ccc(F)cc3)C(=S)N2Nc2ncc(Cl)cc2Cl)cc1. The number of aromatic nitrogens is 1. The quantitative estimate of drug-likeness (QED) is 0.283. The normalized spacial score (nSPS) is 15.0. The van der Waals surface area contributed by atoms with Crippen LogP contribution in [0.1, 0.15) is 23.7 Å². The highest BCUT2D eigenvalue weighted by atomic mass is 35.5. The Morgan fingerprint density at radius 1 is 1.13 bits per heavy atom. The molecule has 0 radical (unpaired) electrons. The van der Waals surface area contributed by atoms with Gasteiger partial charge in [-0.1, -0.05) is 23.2 Å². The van der Waals surface area contributed by atoms with Crippen LogP contribution in [0.5, 0.6) is 0 Å². The first kappa shape index (κ1) is 27.2. The van der Waals surface area contributed by atoms with Crippen molar-refractivity contribution < 1.29 is 23.5 Å². The Hall–Kier alpha value is -3.80. The summed E-state index contributed by atoms with van der Waals surface area (Å²) in [5, 5.41) is 4.47. The monoisotopic (exact) mass is 575 g/mol. The number of carbonyl (C=O) groups excluding carboxylic acids is 3. The van der Waals surface area contributed by atoms with E-state index in [1.165, 1.54) is 58.6 Å². The summed E-state index contributed by atoms with van der Waals surface area (Å²) in [7, 11) is 0. The molecule has 2 aromatic carbocycles. The van der Waals surface area contributed by atoms with E-state index in [0.29, 0.717) is 22.0 Å². The lowest BCUT2D eigenvalue weighted by Gasteiger charge is -2.25. The average Bonchev–Trinajstić information content (AvgIpc) is 3.10. The molecule has 0 aliphatic carbocycles. The first-order valence-electron chi connectivity index (χ1n) is 11.3. The number of hydrogen-bond acceptors (Lipinski definition) is 7. The van der Waals surface area contributed by atoms with E-state index >= 15 is 0 Å². The number of hydrogen-bond donors (Lipinski definition) is 2. The summed E-state index contributed by atoms with van der Waals surface area (Å²) in [6.45, 7) is 1.94. The molecule has 1 saturated heterocycles. The van der Waals surface area contributed by atoms with Crippen LogP contribution in [-0.4, -0.2) is 45.5 Å². The van der Waals surface area contributed by atoms with Gasteiger partial charge in [0.05, 0.1) is 34.3 Å². The van der Waals surface area contributed by atoms with Crippen molar-refractivity contribution in [2.45, 2.75) is 19.4 Å². The minimum Gasteiger partial charge on any atom is -0.462 e. The minimum absolute atomic E-state index is 0.00557. The molecular formula is C25H20Cl2FN5O4S. The average molecular weight is 576 g/mol. The van der Waals surface area contributed by atoms with Crippen LogP contribution in [0.25, 0.3) is 0 Å². The number of amides is 2. The van der Waals surface area contributed by atoms with Gasteiger partial charge in [0.2, 0.25) is 11.0 Å². The third kappa shape index (κ3) is 6.01. The number of halogens is 3. The molecule has 1 aliphatic heterocycles. The standard InChI is InChI=1S/C25H20Cl2FN5O4S/c1-2-37-24(36)14-3-7-17(8-4-14)30-21(34)12-20-23(35)32(18-9-5-16(28)6-10-18)25(38)33(20)31-22-19(27)11-15(26)13-29-22/h3-11,13,20H,2,12H2,1H3,(H,29,31)(H,30,34)/t20-/m1/s1. The largest absolute Gasteiger partial charge is 0.462 e. The molecule has 13 heteroatoms. The second-order valence-electron chi connectivity index (χ2n) is 7.96. The molecule has 0 spiro atoms. The van der Waals surface area contributed by atoms with E-state index in [2.05, 4.69) is 15.7 Å². The van der Waals surface area contributed by atoms with E-state index in [0.717, 1.165) is 0 Å². The van der Waals surface area contributed by atoms with Gasteiger partial charge in [-0.05, 0) is 73.7 Å². The zero-order chi connectivity index (χ0) is 27.4. The van der Waals surface area contributed by atoms with Crippen molar-refractivity contribution in [3.8, 4) is 0 Å². The van der Waals surface area contributed by atoms with Gasteiger partial charge in [-0.15, -0.1) is 0 Å². The number of nitrogens with one attached hydrogen (secondary N) is 2. The number of carbonyl (C=O) groups is 3. The molecule has 3 aromatic rings. The van der Waals surface area contributed by atoms with Gasteiger partial charge in [0.1, 0.15) is 11.9 Å². The van der Waals surface area contributed by atoms with Crippen molar-refractivity contribution in [2.75, 3.05) is 22.2 Å². The van der Waals surface area contributed by atoms with Crippen LogP contribution in [0.2, 0.25) is 10.0 Å². The Morgan fingerprint density at radius 2 is 1.82 bits per heavy atom. The number of esters is 1. The van der Waals surface area contributed by atoms with Crippen LogP contribution >= 0.6 is 35.4 Å². The molecule has 0 saturated carbocycles. The minimum atomic E-state index is -1.10. The van der Waals surface area contributed by atoms with Crippen molar-refractivity contribution in [3.63, 3.8) is 0 Å². The predicted molar refractivity (Wildman–Crippen MR) is 146 cm³/mol. The van der Waals surface area contributed by atoms with E-state index in [4.69, 9.17) is 40.2 Å². The molecule has 2 N–H and O–H groups in total. The third-order valence-corrected chi connectivity index (χ3v) is 6.27. The Morgan fingerprint density at radius 3 is 2.45 bits per heavy atom. The summed E-state index contributed by atoms with van der Waals surface area (Å²) in [5.74, 6) is -1.83. The smallest absolute Gasteiger partial charge is 0.338 e. The van der Waals surface area contributed by atoms with Gasteiger partial charge in [0.15, 0.2) is 5.82 Å². The fourth-order valence-corrected chi connectivity index (χ4v) is 4.42. The highest BCUT2D eigenvalue weighted by Crippen LogP contribution is 2.30. The van der Waals surface area contributed by atoms with E-state index < -0.39 is 29.6 Å². The molecule has 4 rings (SSSR count). The lowest BCUT2D eigenvalue weighted by Crippen LogP contribution is -2.42. The van der Waals surface area contributed by atoms with Crippen LogP contribution in [0.4, 0.5) is 21.6 Å². The molecule has 1 fully saturated rings. The number of pyridine rings is 1. The Kier molecular flexibility index (Phi) is 8.40. The summed E-state index contributed by atoms with van der Waals surface area (Å²) in [6.07, 6.45) is 1.05. The van der Waals surface area contributed by atoms with Gasteiger partial charge in [0, 0.05) is 11.9 Å². The van der Waals surface area contributed by atoms with Crippen LogP contribution in [0.3, 0.4) is 0 Å².